The van der Waals surface area contributed by atoms with E-state index < -0.39 is 5.60 Å². The first-order valence-corrected chi connectivity index (χ1v) is 7.79. The first-order valence-electron chi connectivity index (χ1n) is 7.79. The number of fused-ring (bicyclic) bond motifs is 1. The van der Waals surface area contributed by atoms with E-state index in [-0.39, 0.29) is 0 Å². The number of aliphatic hydroxyl groups is 1. The van der Waals surface area contributed by atoms with Crippen molar-refractivity contribution in [2.24, 2.45) is 0 Å². The average molecular weight is 289 g/mol. The van der Waals surface area contributed by atoms with Gasteiger partial charge in [0.2, 0.25) is 0 Å². The van der Waals surface area contributed by atoms with Gasteiger partial charge in [0.05, 0.1) is 12.3 Å². The number of aromatic nitrogens is 1. The summed E-state index contributed by atoms with van der Waals surface area (Å²) in [4.78, 5) is 3.37. The Morgan fingerprint density at radius 1 is 1.19 bits per heavy atom. The fraction of sp³-hybridized carbons (Fsp3) is 0.529. The fourth-order valence-electron chi connectivity index (χ4n) is 3.15. The van der Waals surface area contributed by atoms with Gasteiger partial charge in [-0.1, -0.05) is 25.0 Å². The molecule has 0 unspecified atom stereocenters. The van der Waals surface area contributed by atoms with Crippen LogP contribution >= 0.6 is 0 Å². The molecule has 1 heterocycles. The number of para-hydroxylation sites is 1. The number of rotatable bonds is 6. The standard InChI is InChI=1S/C17H23NO3/c1-2-20-11-12-21-15-13-7-3-4-8-14(13)18-16(15)17(19)9-5-6-10-17/h3-4,7-8,18-19H,2,5-6,9-12H2,1H3. The number of hydrogen-bond acceptors (Lipinski definition) is 3. The minimum Gasteiger partial charge on any atom is -0.489 e. The van der Waals surface area contributed by atoms with E-state index in [1.54, 1.807) is 0 Å². The van der Waals surface area contributed by atoms with Crippen LogP contribution in [0.5, 0.6) is 5.75 Å². The molecule has 1 saturated carbocycles. The predicted molar refractivity (Wildman–Crippen MR) is 82.7 cm³/mol. The Balaban J connectivity index is 1.94. The van der Waals surface area contributed by atoms with Crippen LogP contribution in [0.1, 0.15) is 38.3 Å². The number of nitrogens with one attached hydrogen (secondary N) is 1. The molecule has 1 aliphatic carbocycles. The van der Waals surface area contributed by atoms with Gasteiger partial charge in [0, 0.05) is 17.5 Å². The largest absolute Gasteiger partial charge is 0.489 e. The number of hydrogen-bond donors (Lipinski definition) is 2. The second-order valence-corrected chi connectivity index (χ2v) is 5.66. The predicted octanol–water partition coefficient (Wildman–Crippen LogP) is 3.34. The summed E-state index contributed by atoms with van der Waals surface area (Å²) in [7, 11) is 0. The molecule has 0 bridgehead atoms. The van der Waals surface area contributed by atoms with Crippen molar-refractivity contribution in [3.8, 4) is 5.75 Å². The first kappa shape index (κ1) is 14.4. The third kappa shape index (κ3) is 2.78. The zero-order valence-corrected chi connectivity index (χ0v) is 12.5. The van der Waals surface area contributed by atoms with Gasteiger partial charge in [0.25, 0.3) is 0 Å². The van der Waals surface area contributed by atoms with E-state index >= 15 is 0 Å². The summed E-state index contributed by atoms with van der Waals surface area (Å²) >= 11 is 0. The second-order valence-electron chi connectivity index (χ2n) is 5.66. The monoisotopic (exact) mass is 289 g/mol. The molecule has 4 heteroatoms. The van der Waals surface area contributed by atoms with Crippen LogP contribution in [0.2, 0.25) is 0 Å². The minimum atomic E-state index is -0.778. The van der Waals surface area contributed by atoms with Crippen LogP contribution < -0.4 is 4.74 Å². The van der Waals surface area contributed by atoms with Crippen LogP contribution in [-0.4, -0.2) is 29.9 Å². The topological polar surface area (TPSA) is 54.5 Å². The van der Waals surface area contributed by atoms with Crippen molar-refractivity contribution in [2.45, 2.75) is 38.2 Å². The molecule has 2 aromatic rings. The van der Waals surface area contributed by atoms with E-state index in [0.717, 1.165) is 48.0 Å². The van der Waals surface area contributed by atoms with Gasteiger partial charge in [0.1, 0.15) is 12.2 Å². The Bertz CT molecular complexity index is 599. The van der Waals surface area contributed by atoms with Gasteiger partial charge in [-0.05, 0) is 31.9 Å². The third-order valence-corrected chi connectivity index (χ3v) is 4.23. The van der Waals surface area contributed by atoms with Crippen molar-refractivity contribution in [1.29, 1.82) is 0 Å². The zero-order valence-electron chi connectivity index (χ0n) is 12.5. The quantitative estimate of drug-likeness (QED) is 0.802. The van der Waals surface area contributed by atoms with Gasteiger partial charge in [-0.25, -0.2) is 0 Å². The lowest BCUT2D eigenvalue weighted by molar-refractivity contribution is 0.0361. The Morgan fingerprint density at radius 2 is 1.95 bits per heavy atom. The lowest BCUT2D eigenvalue weighted by Crippen LogP contribution is -2.22. The van der Waals surface area contributed by atoms with Crippen LogP contribution in [0.25, 0.3) is 10.9 Å². The summed E-state index contributed by atoms with van der Waals surface area (Å²) in [5.74, 6) is 0.787. The van der Waals surface area contributed by atoms with Gasteiger partial charge >= 0.3 is 0 Å². The highest BCUT2D eigenvalue weighted by Crippen LogP contribution is 2.44. The van der Waals surface area contributed by atoms with Gasteiger partial charge < -0.3 is 19.6 Å². The number of H-pyrrole nitrogens is 1. The van der Waals surface area contributed by atoms with Crippen molar-refractivity contribution in [1.82, 2.24) is 4.98 Å². The Morgan fingerprint density at radius 3 is 2.71 bits per heavy atom. The smallest absolute Gasteiger partial charge is 0.150 e. The van der Waals surface area contributed by atoms with Crippen molar-refractivity contribution >= 4 is 10.9 Å². The molecule has 21 heavy (non-hydrogen) atoms. The van der Waals surface area contributed by atoms with E-state index in [9.17, 15) is 5.11 Å². The molecule has 114 valence electrons. The molecule has 1 aromatic carbocycles. The number of ether oxygens (including phenoxy) is 2. The molecule has 1 aromatic heterocycles. The van der Waals surface area contributed by atoms with Crippen LogP contribution in [0.3, 0.4) is 0 Å². The molecule has 0 saturated heterocycles. The highest BCUT2D eigenvalue weighted by atomic mass is 16.5. The van der Waals surface area contributed by atoms with E-state index in [4.69, 9.17) is 9.47 Å². The SMILES string of the molecule is CCOCCOc1c(C2(O)CCCC2)[nH]c2ccccc12. The van der Waals surface area contributed by atoms with E-state index in [2.05, 4.69) is 4.98 Å². The molecular formula is C17H23NO3. The summed E-state index contributed by atoms with van der Waals surface area (Å²) in [5, 5.41) is 11.9. The van der Waals surface area contributed by atoms with Crippen LogP contribution in [0, 0.1) is 0 Å². The van der Waals surface area contributed by atoms with E-state index in [1.165, 1.54) is 0 Å². The second kappa shape index (κ2) is 6.08. The summed E-state index contributed by atoms with van der Waals surface area (Å²) in [6.45, 7) is 3.72. The van der Waals surface area contributed by atoms with E-state index in [0.29, 0.717) is 19.8 Å². The zero-order chi connectivity index (χ0) is 14.7. The average Bonchev–Trinajstić information content (AvgIpc) is 3.09. The lowest BCUT2D eigenvalue weighted by Gasteiger charge is -2.22. The molecule has 0 atom stereocenters. The van der Waals surface area contributed by atoms with Crippen molar-refractivity contribution in [2.75, 3.05) is 19.8 Å². The molecule has 0 radical (unpaired) electrons. The first-order chi connectivity index (χ1) is 10.2. The lowest BCUT2D eigenvalue weighted by atomic mass is 9.97. The summed E-state index contributed by atoms with van der Waals surface area (Å²) < 4.78 is 11.3. The normalized spacial score (nSPS) is 17.4. The Kier molecular flexibility index (Phi) is 4.17. The highest BCUT2D eigenvalue weighted by molar-refractivity contribution is 5.88. The Hall–Kier alpha value is -1.52. The molecule has 2 N–H and O–H groups in total. The maximum absolute atomic E-state index is 10.9. The molecule has 0 aliphatic heterocycles. The van der Waals surface area contributed by atoms with Crippen molar-refractivity contribution in [3.63, 3.8) is 0 Å². The Labute approximate surface area is 125 Å². The molecule has 0 amide bonds. The van der Waals surface area contributed by atoms with Gasteiger partial charge in [-0.15, -0.1) is 0 Å². The maximum atomic E-state index is 10.9. The molecular weight excluding hydrogens is 266 g/mol. The highest BCUT2D eigenvalue weighted by Gasteiger charge is 2.37. The van der Waals surface area contributed by atoms with Crippen molar-refractivity contribution < 1.29 is 14.6 Å². The number of benzene rings is 1. The van der Waals surface area contributed by atoms with Gasteiger partial charge in [-0.2, -0.15) is 0 Å². The van der Waals surface area contributed by atoms with Crippen LogP contribution in [-0.2, 0) is 10.3 Å². The van der Waals surface area contributed by atoms with E-state index in [1.807, 2.05) is 31.2 Å². The van der Waals surface area contributed by atoms with Gasteiger partial charge in [-0.3, -0.25) is 0 Å². The maximum Gasteiger partial charge on any atom is 0.150 e. The molecule has 1 aliphatic rings. The third-order valence-electron chi connectivity index (χ3n) is 4.23. The minimum absolute atomic E-state index is 0.499. The number of aromatic amines is 1. The molecule has 3 rings (SSSR count). The summed E-state index contributed by atoms with van der Waals surface area (Å²) in [6.07, 6.45) is 3.71. The van der Waals surface area contributed by atoms with Crippen molar-refractivity contribution in [3.05, 3.63) is 30.0 Å². The fourth-order valence-corrected chi connectivity index (χ4v) is 3.15. The van der Waals surface area contributed by atoms with Crippen LogP contribution in [0.4, 0.5) is 0 Å². The molecule has 1 fully saturated rings. The van der Waals surface area contributed by atoms with Crippen LogP contribution in [0.15, 0.2) is 24.3 Å². The summed E-state index contributed by atoms with van der Waals surface area (Å²) in [6, 6.07) is 8.04. The summed E-state index contributed by atoms with van der Waals surface area (Å²) in [5.41, 5.74) is 1.07. The van der Waals surface area contributed by atoms with Gasteiger partial charge in [0.15, 0.2) is 5.75 Å². The molecule has 0 spiro atoms. The molecule has 4 nitrogen and oxygen atoms in total.